The summed E-state index contributed by atoms with van der Waals surface area (Å²) in [5, 5.41) is 3.96. The maximum Gasteiger partial charge on any atom is 0.182 e. The molecule has 0 atom stereocenters. The van der Waals surface area contributed by atoms with E-state index in [1.54, 1.807) is 25.6 Å². The Bertz CT molecular complexity index is 525. The summed E-state index contributed by atoms with van der Waals surface area (Å²) in [5.41, 5.74) is 1.13. The van der Waals surface area contributed by atoms with Crippen molar-refractivity contribution in [2.45, 2.75) is 6.42 Å². The lowest BCUT2D eigenvalue weighted by atomic mass is 10.1. The molecule has 0 amide bonds. The Balaban J connectivity index is 2.22. The quantitative estimate of drug-likeness (QED) is 0.902. The first-order valence-electron chi connectivity index (χ1n) is 5.60. The third kappa shape index (κ3) is 2.73. The van der Waals surface area contributed by atoms with Crippen LogP contribution in [0.15, 0.2) is 24.4 Å². The van der Waals surface area contributed by atoms with Crippen LogP contribution in [-0.2, 0) is 6.42 Å². The molecule has 18 heavy (non-hydrogen) atoms. The highest BCUT2D eigenvalue weighted by Gasteiger charge is 2.08. The Morgan fingerprint density at radius 3 is 2.72 bits per heavy atom. The van der Waals surface area contributed by atoms with E-state index in [1.807, 2.05) is 31.4 Å². The van der Waals surface area contributed by atoms with Crippen molar-refractivity contribution in [2.75, 3.05) is 26.6 Å². The second-order valence-corrected chi connectivity index (χ2v) is 4.85. The van der Waals surface area contributed by atoms with Crippen LogP contribution in [0.3, 0.4) is 0 Å². The summed E-state index contributed by atoms with van der Waals surface area (Å²) < 4.78 is 10.6. The summed E-state index contributed by atoms with van der Waals surface area (Å²) in [6, 6.07) is 5.86. The van der Waals surface area contributed by atoms with Crippen molar-refractivity contribution >= 4 is 16.5 Å². The van der Waals surface area contributed by atoms with Gasteiger partial charge in [0.25, 0.3) is 0 Å². The van der Waals surface area contributed by atoms with Crippen LogP contribution in [0.25, 0.3) is 0 Å². The van der Waals surface area contributed by atoms with Gasteiger partial charge >= 0.3 is 0 Å². The molecule has 0 aliphatic carbocycles. The molecule has 1 aromatic carbocycles. The second kappa shape index (κ2) is 5.73. The highest BCUT2D eigenvalue weighted by molar-refractivity contribution is 7.15. The van der Waals surface area contributed by atoms with Crippen molar-refractivity contribution in [1.29, 1.82) is 0 Å². The fourth-order valence-corrected chi connectivity index (χ4v) is 2.48. The number of benzene rings is 1. The zero-order chi connectivity index (χ0) is 13.0. The zero-order valence-corrected chi connectivity index (χ0v) is 11.5. The van der Waals surface area contributed by atoms with Crippen molar-refractivity contribution < 1.29 is 9.47 Å². The number of ether oxygens (including phenoxy) is 2. The number of thiazole rings is 1. The Morgan fingerprint density at radius 2 is 2.11 bits per heavy atom. The van der Waals surface area contributed by atoms with Crippen LogP contribution in [-0.4, -0.2) is 26.3 Å². The Morgan fingerprint density at radius 1 is 1.28 bits per heavy atom. The van der Waals surface area contributed by atoms with Gasteiger partial charge < -0.3 is 14.8 Å². The molecular formula is C13H16N2O2S. The number of anilines is 1. The molecule has 1 heterocycles. The minimum absolute atomic E-state index is 0.802. The van der Waals surface area contributed by atoms with Gasteiger partial charge in [-0.15, -0.1) is 11.3 Å². The highest BCUT2D eigenvalue weighted by atomic mass is 32.1. The molecule has 2 rings (SSSR count). The van der Waals surface area contributed by atoms with Gasteiger partial charge in [0.2, 0.25) is 0 Å². The van der Waals surface area contributed by atoms with Crippen LogP contribution >= 0.6 is 11.3 Å². The summed E-state index contributed by atoms with van der Waals surface area (Å²) in [4.78, 5) is 5.46. The van der Waals surface area contributed by atoms with Crippen molar-refractivity contribution in [3.05, 3.63) is 34.8 Å². The van der Waals surface area contributed by atoms with Crippen LogP contribution in [0.4, 0.5) is 5.13 Å². The average molecular weight is 264 g/mol. The predicted molar refractivity (Wildman–Crippen MR) is 74.0 cm³/mol. The molecule has 0 bridgehead atoms. The lowest BCUT2D eigenvalue weighted by molar-refractivity contribution is 0.391. The first-order valence-corrected chi connectivity index (χ1v) is 6.42. The maximum atomic E-state index is 5.38. The standard InChI is InChI=1S/C13H16N2O2S/c1-14-13-15-8-11(18-13)6-9-4-5-10(16-2)7-12(9)17-3/h4-5,7-8H,6H2,1-3H3,(H,14,15). The van der Waals surface area contributed by atoms with E-state index in [-0.39, 0.29) is 0 Å². The predicted octanol–water partition coefficient (Wildman–Crippen LogP) is 2.79. The minimum Gasteiger partial charge on any atom is -0.497 e. The molecule has 0 aliphatic rings. The van der Waals surface area contributed by atoms with Crippen LogP contribution in [0, 0.1) is 0 Å². The van der Waals surface area contributed by atoms with E-state index >= 15 is 0 Å². The molecular weight excluding hydrogens is 248 g/mol. The number of methoxy groups -OCH3 is 2. The molecule has 1 N–H and O–H groups in total. The summed E-state index contributed by atoms with van der Waals surface area (Å²) in [5.74, 6) is 1.64. The van der Waals surface area contributed by atoms with Gasteiger partial charge in [-0.3, -0.25) is 0 Å². The fourth-order valence-electron chi connectivity index (χ4n) is 1.69. The monoisotopic (exact) mass is 264 g/mol. The number of aromatic nitrogens is 1. The lowest BCUT2D eigenvalue weighted by Crippen LogP contribution is -1.93. The summed E-state index contributed by atoms with van der Waals surface area (Å²) in [7, 11) is 5.19. The molecule has 0 fully saturated rings. The van der Waals surface area contributed by atoms with Crippen molar-refractivity contribution in [1.82, 2.24) is 4.98 Å². The van der Waals surface area contributed by atoms with Gasteiger partial charge in [0.05, 0.1) is 14.2 Å². The Kier molecular flexibility index (Phi) is 4.04. The third-order valence-corrected chi connectivity index (χ3v) is 3.64. The average Bonchev–Trinajstić information content (AvgIpc) is 2.87. The number of nitrogens with zero attached hydrogens (tertiary/aromatic N) is 1. The van der Waals surface area contributed by atoms with Gasteiger partial charge in [-0.1, -0.05) is 6.07 Å². The van der Waals surface area contributed by atoms with E-state index in [1.165, 1.54) is 4.88 Å². The lowest BCUT2D eigenvalue weighted by Gasteiger charge is -2.09. The van der Waals surface area contributed by atoms with Crippen molar-refractivity contribution in [3.63, 3.8) is 0 Å². The molecule has 0 aliphatic heterocycles. The van der Waals surface area contributed by atoms with Gasteiger partial charge in [-0.05, 0) is 11.6 Å². The fraction of sp³-hybridized carbons (Fsp3) is 0.308. The summed E-state index contributed by atoms with van der Waals surface area (Å²) in [6.45, 7) is 0. The molecule has 5 heteroatoms. The van der Waals surface area contributed by atoms with Gasteiger partial charge in [0, 0.05) is 30.6 Å². The first-order chi connectivity index (χ1) is 8.76. The largest absolute Gasteiger partial charge is 0.497 e. The van der Waals surface area contributed by atoms with E-state index in [0.29, 0.717) is 0 Å². The van der Waals surface area contributed by atoms with Gasteiger partial charge in [0.1, 0.15) is 11.5 Å². The van der Waals surface area contributed by atoms with Crippen LogP contribution < -0.4 is 14.8 Å². The molecule has 0 saturated carbocycles. The number of hydrogen-bond acceptors (Lipinski definition) is 5. The zero-order valence-electron chi connectivity index (χ0n) is 10.7. The van der Waals surface area contributed by atoms with E-state index in [4.69, 9.17) is 9.47 Å². The van der Waals surface area contributed by atoms with E-state index in [0.717, 1.165) is 28.6 Å². The van der Waals surface area contributed by atoms with E-state index in [2.05, 4.69) is 10.3 Å². The molecule has 0 saturated heterocycles. The molecule has 0 radical (unpaired) electrons. The van der Waals surface area contributed by atoms with E-state index < -0.39 is 0 Å². The molecule has 0 unspecified atom stereocenters. The normalized spacial score (nSPS) is 10.2. The molecule has 0 spiro atoms. The highest BCUT2D eigenvalue weighted by Crippen LogP contribution is 2.28. The molecule has 2 aromatic rings. The van der Waals surface area contributed by atoms with Crippen molar-refractivity contribution in [3.8, 4) is 11.5 Å². The van der Waals surface area contributed by atoms with Crippen molar-refractivity contribution in [2.24, 2.45) is 0 Å². The SMILES string of the molecule is CNc1ncc(Cc2ccc(OC)cc2OC)s1. The Labute approximate surface area is 111 Å². The third-order valence-electron chi connectivity index (χ3n) is 2.63. The van der Waals surface area contributed by atoms with Crippen LogP contribution in [0.1, 0.15) is 10.4 Å². The Hall–Kier alpha value is -1.75. The first kappa shape index (κ1) is 12.7. The summed E-state index contributed by atoms with van der Waals surface area (Å²) in [6.07, 6.45) is 2.70. The molecule has 1 aromatic heterocycles. The van der Waals surface area contributed by atoms with Gasteiger partial charge in [-0.25, -0.2) is 4.98 Å². The minimum atomic E-state index is 0.802. The number of hydrogen-bond donors (Lipinski definition) is 1. The van der Waals surface area contributed by atoms with Gasteiger partial charge in [0.15, 0.2) is 5.13 Å². The molecule has 96 valence electrons. The van der Waals surface area contributed by atoms with Gasteiger partial charge in [-0.2, -0.15) is 0 Å². The maximum absolute atomic E-state index is 5.38. The van der Waals surface area contributed by atoms with Crippen LogP contribution in [0.5, 0.6) is 11.5 Å². The smallest absolute Gasteiger partial charge is 0.182 e. The molecule has 4 nitrogen and oxygen atoms in total. The number of nitrogens with one attached hydrogen (secondary N) is 1. The second-order valence-electron chi connectivity index (χ2n) is 3.74. The summed E-state index contributed by atoms with van der Waals surface area (Å²) >= 11 is 1.65. The number of rotatable bonds is 5. The topological polar surface area (TPSA) is 43.4 Å². The van der Waals surface area contributed by atoms with E-state index in [9.17, 15) is 0 Å². The van der Waals surface area contributed by atoms with Crippen LogP contribution in [0.2, 0.25) is 0 Å².